The van der Waals surface area contributed by atoms with Crippen LogP contribution in [0, 0.1) is 6.92 Å². The van der Waals surface area contributed by atoms with Crippen molar-refractivity contribution < 1.29 is 22.1 Å². The molecule has 2 N–H and O–H groups in total. The van der Waals surface area contributed by atoms with Gasteiger partial charge in [0.05, 0.1) is 24.2 Å². The van der Waals surface area contributed by atoms with Crippen molar-refractivity contribution in [1.29, 1.82) is 0 Å². The van der Waals surface area contributed by atoms with E-state index in [1.807, 2.05) is 6.92 Å². The fraction of sp³-hybridized carbons (Fsp3) is 0.562. The van der Waals surface area contributed by atoms with Gasteiger partial charge >= 0.3 is 5.97 Å². The number of benzene rings is 1. The van der Waals surface area contributed by atoms with Crippen LogP contribution in [0.5, 0.6) is 5.75 Å². The highest BCUT2D eigenvalue weighted by molar-refractivity contribution is 7.85. The maximum absolute atomic E-state index is 11.8. The van der Waals surface area contributed by atoms with Crippen LogP contribution in [0.25, 0.3) is 0 Å². The predicted octanol–water partition coefficient (Wildman–Crippen LogP) is 2.30. The molecule has 0 aromatic heterocycles. The Hall–Kier alpha value is -1.51. The molecule has 7 nitrogen and oxygen atoms in total. The number of nitrogens with zero attached hydrogens (tertiary/aromatic N) is 1. The van der Waals surface area contributed by atoms with Crippen molar-refractivity contribution in [3.63, 3.8) is 0 Å². The van der Waals surface area contributed by atoms with Crippen molar-refractivity contribution in [2.45, 2.75) is 26.7 Å². The van der Waals surface area contributed by atoms with E-state index in [0.717, 1.165) is 11.8 Å². The van der Waals surface area contributed by atoms with E-state index in [-0.39, 0.29) is 19.1 Å². The summed E-state index contributed by atoms with van der Waals surface area (Å²) in [5.41, 5.74) is 7.86. The molecule has 0 aliphatic rings. The van der Waals surface area contributed by atoms with Gasteiger partial charge in [0, 0.05) is 25.4 Å². The van der Waals surface area contributed by atoms with E-state index in [1.165, 1.54) is 0 Å². The molecule has 0 aliphatic carbocycles. The molecule has 0 radical (unpaired) electrons. The molecule has 0 saturated carbocycles. The number of nitrogen functional groups attached to an aromatic ring is 1. The van der Waals surface area contributed by atoms with Gasteiger partial charge < -0.3 is 15.4 Å². The fourth-order valence-corrected chi connectivity index (χ4v) is 2.81. The van der Waals surface area contributed by atoms with E-state index in [9.17, 15) is 13.2 Å². The number of hydrogen-bond acceptors (Lipinski definition) is 7. The third-order valence-electron chi connectivity index (χ3n) is 3.39. The molecule has 0 fully saturated rings. The van der Waals surface area contributed by atoms with Crippen LogP contribution in [0.4, 0.5) is 11.4 Å². The number of aryl methyl sites for hydroxylation is 1. The zero-order valence-corrected chi connectivity index (χ0v) is 16.3. The quantitative estimate of drug-likeness (QED) is 0.214. The smallest absolute Gasteiger partial charge is 0.311 e. The van der Waals surface area contributed by atoms with Crippen molar-refractivity contribution in [2.75, 3.05) is 42.5 Å². The normalized spacial score (nSPS) is 11.4. The molecule has 25 heavy (non-hydrogen) atoms. The molecule has 0 spiro atoms. The van der Waals surface area contributed by atoms with Crippen LogP contribution in [-0.4, -0.2) is 46.2 Å². The van der Waals surface area contributed by atoms with E-state index in [1.54, 1.807) is 24.0 Å². The topological polar surface area (TPSA) is 98.9 Å². The first-order valence-corrected chi connectivity index (χ1v) is 10.3. The fourth-order valence-electron chi connectivity index (χ4n) is 2.23. The van der Waals surface area contributed by atoms with E-state index in [4.69, 9.17) is 26.3 Å². The molecule has 0 aliphatic heterocycles. The zero-order valence-electron chi connectivity index (χ0n) is 14.7. The predicted molar refractivity (Wildman–Crippen MR) is 99.9 cm³/mol. The lowest BCUT2D eigenvalue weighted by Gasteiger charge is -2.26. The van der Waals surface area contributed by atoms with Crippen LogP contribution in [0.1, 0.15) is 25.3 Å². The summed E-state index contributed by atoms with van der Waals surface area (Å²) >= 11 is 5.84. The third kappa shape index (κ3) is 7.09. The van der Waals surface area contributed by atoms with Crippen molar-refractivity contribution in [3.05, 3.63) is 17.7 Å². The first-order valence-electron chi connectivity index (χ1n) is 7.94. The molecule has 142 valence electrons. The second kappa shape index (κ2) is 9.84. The second-order valence-electron chi connectivity index (χ2n) is 5.57. The number of esters is 1. The van der Waals surface area contributed by atoms with Gasteiger partial charge in [0.25, 0.3) is 10.1 Å². The van der Waals surface area contributed by atoms with Gasteiger partial charge in [-0.05, 0) is 25.0 Å². The molecule has 0 saturated heterocycles. The van der Waals surface area contributed by atoms with Gasteiger partial charge in [-0.3, -0.25) is 8.98 Å². The number of carbonyl (C=O) groups is 1. The monoisotopic (exact) mass is 392 g/mol. The minimum absolute atomic E-state index is 0.0337. The molecule has 0 amide bonds. The summed E-state index contributed by atoms with van der Waals surface area (Å²) in [6.07, 6.45) is 1.97. The van der Waals surface area contributed by atoms with Crippen molar-refractivity contribution >= 4 is 39.1 Å². The summed E-state index contributed by atoms with van der Waals surface area (Å²) in [6, 6.07) is 3.58. The van der Waals surface area contributed by atoms with Crippen LogP contribution < -0.4 is 15.4 Å². The average Bonchev–Trinajstić information content (AvgIpc) is 2.50. The molecule has 0 heterocycles. The summed E-state index contributed by atoms with van der Waals surface area (Å²) in [5, 5.41) is 0. The zero-order chi connectivity index (χ0) is 19.0. The molecule has 0 bridgehead atoms. The van der Waals surface area contributed by atoms with Gasteiger partial charge in [-0.2, -0.15) is 8.42 Å². The lowest BCUT2D eigenvalue weighted by atomic mass is 10.1. The number of ether oxygens (including phenoxy) is 1. The first-order chi connectivity index (χ1) is 11.7. The molecule has 1 rings (SSSR count). The summed E-state index contributed by atoms with van der Waals surface area (Å²) < 4.78 is 32.4. The molecular formula is C16H25ClN2O5S. The van der Waals surface area contributed by atoms with E-state index in [0.29, 0.717) is 42.4 Å². The lowest BCUT2D eigenvalue weighted by molar-refractivity contribution is -0.134. The Bertz CT molecular complexity index is 694. The molecule has 9 heteroatoms. The van der Waals surface area contributed by atoms with Crippen LogP contribution in [0.3, 0.4) is 0 Å². The van der Waals surface area contributed by atoms with Gasteiger partial charge in [-0.25, -0.2) is 0 Å². The molecule has 0 atom stereocenters. The summed E-state index contributed by atoms with van der Waals surface area (Å²) in [5.74, 6) is 0.287. The number of nitrogens with two attached hydrogens (primary N) is 1. The minimum atomic E-state index is -3.52. The van der Waals surface area contributed by atoms with E-state index in [2.05, 4.69) is 0 Å². The van der Waals surface area contributed by atoms with E-state index >= 15 is 0 Å². The second-order valence-corrected chi connectivity index (χ2v) is 7.59. The van der Waals surface area contributed by atoms with E-state index < -0.39 is 10.1 Å². The van der Waals surface area contributed by atoms with Gasteiger partial charge in [0.1, 0.15) is 0 Å². The Labute approximate surface area is 154 Å². The number of hydrogen-bond donors (Lipinski definition) is 1. The first kappa shape index (κ1) is 21.5. The van der Waals surface area contributed by atoms with Crippen LogP contribution in [-0.2, 0) is 19.1 Å². The Balaban J connectivity index is 3.04. The Kier molecular flexibility index (Phi) is 8.47. The highest BCUT2D eigenvalue weighted by Crippen LogP contribution is 2.35. The lowest BCUT2D eigenvalue weighted by Crippen LogP contribution is -2.31. The van der Waals surface area contributed by atoms with Crippen molar-refractivity contribution in [2.24, 2.45) is 0 Å². The largest absolute Gasteiger partial charge is 0.424 e. The van der Waals surface area contributed by atoms with Crippen LogP contribution >= 0.6 is 11.6 Å². The Morgan fingerprint density at radius 3 is 2.56 bits per heavy atom. The number of halogens is 1. The average molecular weight is 393 g/mol. The standard InChI is InChI=1S/C16H25ClN2O5S/c1-4-5-14(20)24-16-12(2)6-7-13(15(16)18)19(9-8-17)10-11-23-25(3,21)22/h6-7H,4-5,8-11,18H2,1-3H3. The maximum atomic E-state index is 11.8. The summed E-state index contributed by atoms with van der Waals surface area (Å²) in [4.78, 5) is 13.6. The highest BCUT2D eigenvalue weighted by atomic mass is 35.5. The molecule has 1 aromatic rings. The molecule has 0 unspecified atom stereocenters. The molecular weight excluding hydrogens is 368 g/mol. The maximum Gasteiger partial charge on any atom is 0.311 e. The van der Waals surface area contributed by atoms with Crippen LogP contribution in [0.2, 0.25) is 0 Å². The van der Waals surface area contributed by atoms with Crippen LogP contribution in [0.15, 0.2) is 12.1 Å². The van der Waals surface area contributed by atoms with Crippen molar-refractivity contribution in [3.8, 4) is 5.75 Å². The number of rotatable bonds is 10. The SMILES string of the molecule is CCCC(=O)Oc1c(C)ccc(N(CCCl)CCOS(C)(=O)=O)c1N. The van der Waals surface area contributed by atoms with Gasteiger partial charge in [-0.15, -0.1) is 11.6 Å². The minimum Gasteiger partial charge on any atom is -0.424 e. The van der Waals surface area contributed by atoms with Gasteiger partial charge in [-0.1, -0.05) is 13.0 Å². The number of alkyl halides is 1. The Morgan fingerprint density at radius 2 is 2.00 bits per heavy atom. The number of carbonyl (C=O) groups excluding carboxylic acids is 1. The molecule has 1 aromatic carbocycles. The highest BCUT2D eigenvalue weighted by Gasteiger charge is 2.18. The summed E-state index contributed by atoms with van der Waals surface area (Å²) in [6.45, 7) is 4.36. The Morgan fingerprint density at radius 1 is 1.32 bits per heavy atom. The van der Waals surface area contributed by atoms with Gasteiger partial charge in [0.2, 0.25) is 0 Å². The third-order valence-corrected chi connectivity index (χ3v) is 4.16. The number of anilines is 2. The van der Waals surface area contributed by atoms with Gasteiger partial charge in [0.15, 0.2) is 5.75 Å². The van der Waals surface area contributed by atoms with Crippen molar-refractivity contribution in [1.82, 2.24) is 0 Å². The summed E-state index contributed by atoms with van der Waals surface area (Å²) in [7, 11) is -3.52.